The van der Waals surface area contributed by atoms with E-state index < -0.39 is 10.0 Å². The summed E-state index contributed by atoms with van der Waals surface area (Å²) in [6, 6.07) is 65.0. The normalized spacial score (nSPS) is 13.1. The number of rotatable bonds is 6. The van der Waals surface area contributed by atoms with E-state index >= 15 is 0 Å². The van der Waals surface area contributed by atoms with Gasteiger partial charge in [0, 0.05) is 43.7 Å². The van der Waals surface area contributed by atoms with E-state index in [0.717, 1.165) is 50.0 Å². The number of benzene rings is 9. The number of aryl methyl sites for hydroxylation is 1. The van der Waals surface area contributed by atoms with Crippen molar-refractivity contribution in [1.82, 2.24) is 13.1 Å². The van der Waals surface area contributed by atoms with E-state index in [9.17, 15) is 8.42 Å². The molecule has 0 fully saturated rings. The van der Waals surface area contributed by atoms with E-state index in [1.54, 1.807) is 16.1 Å². The second-order valence-corrected chi connectivity index (χ2v) is 27.5. The summed E-state index contributed by atoms with van der Waals surface area (Å²) in [7, 11) is -3.99. The van der Waals surface area contributed by atoms with E-state index in [-0.39, 0.29) is 26.6 Å². The van der Waals surface area contributed by atoms with Gasteiger partial charge in [-0.25, -0.2) is 12.4 Å². The molecular weight excluding hydrogens is 959 g/mol. The number of hydrogen-bond acceptors (Lipinski definition) is 2. The molecule has 0 saturated heterocycles. The van der Waals surface area contributed by atoms with Crippen molar-refractivity contribution in [3.8, 4) is 33.6 Å². The van der Waals surface area contributed by atoms with Crippen molar-refractivity contribution < 1.29 is 8.42 Å². The van der Waals surface area contributed by atoms with E-state index in [4.69, 9.17) is 0 Å². The van der Waals surface area contributed by atoms with Gasteiger partial charge in [0.05, 0.1) is 38.0 Å². The Balaban J connectivity index is 0.973. The SMILES string of the molecule is Cc1ccc(S(=O)(=O)n2c3ccc(-c4ccc(-n5c6ccc(C(C)(C)C)cc6c6cc(C(C)(C)C)ccc65)cc4)cc3c3cc(-c4ccc(-n5c6ccc(C(C)(C)C)cc6c6cc(C(C)(C)C)ccc65)cc4)ccc32)cc1. The zero-order valence-electron chi connectivity index (χ0n) is 46.9. The number of nitrogens with zero attached hydrogens (tertiary/aromatic N) is 3. The van der Waals surface area contributed by atoms with Crippen LogP contribution in [0.25, 0.3) is 99.0 Å². The first-order valence-corrected chi connectivity index (χ1v) is 28.6. The minimum Gasteiger partial charge on any atom is -0.309 e. The lowest BCUT2D eigenvalue weighted by molar-refractivity contribution is 0.589. The lowest BCUT2D eigenvalue weighted by Gasteiger charge is -2.19. The molecule has 0 bridgehead atoms. The minimum absolute atomic E-state index is 0.0153. The van der Waals surface area contributed by atoms with Crippen molar-refractivity contribution in [2.75, 3.05) is 0 Å². The van der Waals surface area contributed by atoms with Crippen LogP contribution < -0.4 is 0 Å². The van der Waals surface area contributed by atoms with Gasteiger partial charge >= 0.3 is 0 Å². The van der Waals surface area contributed by atoms with Crippen LogP contribution >= 0.6 is 0 Å². The summed E-state index contributed by atoms with van der Waals surface area (Å²) in [6.07, 6.45) is 0. The molecule has 12 aromatic rings. The van der Waals surface area contributed by atoms with Crippen molar-refractivity contribution in [2.24, 2.45) is 0 Å². The first-order valence-electron chi connectivity index (χ1n) is 27.2. The molecule has 0 aliphatic carbocycles. The number of hydrogen-bond donors (Lipinski definition) is 0. The number of aromatic nitrogens is 3. The second-order valence-electron chi connectivity index (χ2n) is 25.7. The zero-order chi connectivity index (χ0) is 54.3. The van der Waals surface area contributed by atoms with Crippen LogP contribution in [0.3, 0.4) is 0 Å². The summed E-state index contributed by atoms with van der Waals surface area (Å²) >= 11 is 0. The van der Waals surface area contributed by atoms with Crippen LogP contribution in [-0.4, -0.2) is 21.5 Å². The maximum Gasteiger partial charge on any atom is 0.268 e. The van der Waals surface area contributed by atoms with Crippen LogP contribution in [0.2, 0.25) is 0 Å². The topological polar surface area (TPSA) is 48.9 Å². The molecule has 386 valence electrons. The Labute approximate surface area is 454 Å². The van der Waals surface area contributed by atoms with Crippen LogP contribution in [0.15, 0.2) is 187 Å². The van der Waals surface area contributed by atoms with E-state index in [1.807, 2.05) is 31.2 Å². The molecule has 5 nitrogen and oxygen atoms in total. The fourth-order valence-electron chi connectivity index (χ4n) is 11.5. The third-order valence-electron chi connectivity index (χ3n) is 16.2. The minimum atomic E-state index is -3.99. The van der Waals surface area contributed by atoms with Gasteiger partial charge in [-0.15, -0.1) is 0 Å². The molecule has 6 heteroatoms. The lowest BCUT2D eigenvalue weighted by Crippen LogP contribution is -2.12. The summed E-state index contributed by atoms with van der Waals surface area (Å²) < 4.78 is 36.0. The largest absolute Gasteiger partial charge is 0.309 e. The Morgan fingerprint density at radius 2 is 0.571 bits per heavy atom. The summed E-state index contributed by atoms with van der Waals surface area (Å²) in [4.78, 5) is 0.255. The first kappa shape index (κ1) is 50.2. The smallest absolute Gasteiger partial charge is 0.268 e. The van der Waals surface area contributed by atoms with Gasteiger partial charge in [0.1, 0.15) is 0 Å². The number of fused-ring (bicyclic) bond motifs is 9. The summed E-state index contributed by atoms with van der Waals surface area (Å²) in [6.45, 7) is 29.3. The van der Waals surface area contributed by atoms with Crippen LogP contribution in [0, 0.1) is 6.92 Å². The Hall–Kier alpha value is -7.67. The molecular formula is C71H69N3O2S. The van der Waals surface area contributed by atoms with Gasteiger partial charge in [0.15, 0.2) is 0 Å². The molecule has 0 radical (unpaired) electrons. The average molecular weight is 1030 g/mol. The Morgan fingerprint density at radius 1 is 0.299 bits per heavy atom. The van der Waals surface area contributed by atoms with Gasteiger partial charge in [-0.05, 0) is 182 Å². The van der Waals surface area contributed by atoms with Crippen LogP contribution in [0.4, 0.5) is 0 Å². The van der Waals surface area contributed by atoms with Crippen molar-refractivity contribution >= 4 is 75.4 Å². The third kappa shape index (κ3) is 8.48. The van der Waals surface area contributed by atoms with Gasteiger partial charge in [0.25, 0.3) is 10.0 Å². The Bertz CT molecular complexity index is 4070. The molecule has 77 heavy (non-hydrogen) atoms. The molecule has 3 aromatic heterocycles. The predicted molar refractivity (Wildman–Crippen MR) is 328 cm³/mol. The average Bonchev–Trinajstić information content (AvgIpc) is 4.13. The van der Waals surface area contributed by atoms with E-state index in [1.165, 1.54) is 65.9 Å². The fourth-order valence-corrected chi connectivity index (χ4v) is 13.0. The van der Waals surface area contributed by atoms with Gasteiger partial charge in [-0.1, -0.05) is 161 Å². The fraction of sp³-hybridized carbons (Fsp3) is 0.239. The molecule has 0 atom stereocenters. The van der Waals surface area contributed by atoms with E-state index in [0.29, 0.717) is 11.0 Å². The first-order chi connectivity index (χ1) is 36.3. The van der Waals surface area contributed by atoms with Gasteiger partial charge in [-0.2, -0.15) is 0 Å². The zero-order valence-corrected chi connectivity index (χ0v) is 47.7. The molecule has 12 rings (SSSR count). The Kier molecular flexibility index (Phi) is 11.4. The molecule has 0 aliphatic rings. The molecule has 3 heterocycles. The highest BCUT2D eigenvalue weighted by atomic mass is 32.2. The highest BCUT2D eigenvalue weighted by molar-refractivity contribution is 7.90. The lowest BCUT2D eigenvalue weighted by atomic mass is 9.85. The Morgan fingerprint density at radius 3 is 0.870 bits per heavy atom. The summed E-state index contributed by atoms with van der Waals surface area (Å²) in [5, 5.41) is 6.77. The van der Waals surface area contributed by atoms with Crippen LogP contribution in [0.5, 0.6) is 0 Å². The second kappa shape index (κ2) is 17.4. The predicted octanol–water partition coefficient (Wildman–Crippen LogP) is 19.1. The molecule has 9 aromatic carbocycles. The van der Waals surface area contributed by atoms with Crippen LogP contribution in [-0.2, 0) is 31.7 Å². The summed E-state index contributed by atoms with van der Waals surface area (Å²) in [5.74, 6) is 0. The molecule has 0 amide bonds. The third-order valence-corrected chi connectivity index (χ3v) is 17.9. The monoisotopic (exact) mass is 1030 g/mol. The maximum atomic E-state index is 14.8. The summed E-state index contributed by atoms with van der Waals surface area (Å²) in [5.41, 5.74) is 18.6. The van der Waals surface area contributed by atoms with Gasteiger partial charge in [-0.3, -0.25) is 0 Å². The van der Waals surface area contributed by atoms with Crippen molar-refractivity contribution in [3.63, 3.8) is 0 Å². The highest BCUT2D eigenvalue weighted by Gasteiger charge is 2.26. The van der Waals surface area contributed by atoms with Crippen molar-refractivity contribution in [3.05, 3.63) is 210 Å². The van der Waals surface area contributed by atoms with E-state index in [2.05, 4.69) is 238 Å². The van der Waals surface area contributed by atoms with Gasteiger partial charge < -0.3 is 9.13 Å². The molecule has 0 unspecified atom stereocenters. The molecule has 0 aliphatic heterocycles. The van der Waals surface area contributed by atoms with Crippen LogP contribution in [0.1, 0.15) is 111 Å². The van der Waals surface area contributed by atoms with Crippen molar-refractivity contribution in [2.45, 2.75) is 117 Å². The highest BCUT2D eigenvalue weighted by Crippen LogP contribution is 2.42. The molecule has 0 N–H and O–H groups in total. The van der Waals surface area contributed by atoms with Gasteiger partial charge in [0.2, 0.25) is 0 Å². The maximum absolute atomic E-state index is 14.8. The standard InChI is InChI=1S/C71H69N3O2S/c1-44-14-30-55(31-15-44)77(75,76)74-66-32-20-47(45-16-26-53(27-17-45)72-62-34-22-49(68(2,3)4)40-58(62)59-41-50(69(5,6)7)23-35-63(59)72)38-56(66)57-39-48(21-33-67(57)74)46-18-28-54(29-19-46)73-64-36-24-51(70(8,9)10)42-60(64)61-43-52(71(11,12)13)25-37-65(61)73/h14-43H,1-13H3. The molecule has 0 spiro atoms. The van der Waals surface area contributed by atoms with Crippen molar-refractivity contribution in [1.29, 1.82) is 0 Å². The quantitative estimate of drug-likeness (QED) is 0.167. The molecule has 0 saturated carbocycles.